The van der Waals surface area contributed by atoms with Gasteiger partial charge in [0, 0.05) is 12.7 Å². The number of aromatic nitrogens is 1. The van der Waals surface area contributed by atoms with Crippen LogP contribution in [0.2, 0.25) is 0 Å². The number of hydrogen-bond acceptors (Lipinski definition) is 4. The van der Waals surface area contributed by atoms with Crippen molar-refractivity contribution in [2.45, 2.75) is 12.5 Å². The Kier molecular flexibility index (Phi) is 4.93. The Balaban J connectivity index is 0.00000133. The molecule has 0 bridgehead atoms. The largest absolute Gasteiger partial charge is 0.372 e. The second-order valence-corrected chi connectivity index (χ2v) is 5.29. The second kappa shape index (κ2) is 6.48. The number of hydrogen-bond donors (Lipinski definition) is 1. The Morgan fingerprint density at radius 1 is 1.47 bits per heavy atom. The van der Waals surface area contributed by atoms with E-state index in [1.165, 1.54) is 21.6 Å². The first kappa shape index (κ1) is 14.5. The molecule has 0 unspecified atom stereocenters. The number of rotatable bonds is 3. The maximum absolute atomic E-state index is 5.84. The fourth-order valence-electron chi connectivity index (χ4n) is 2.51. The number of nitrogens with one attached hydrogen (secondary N) is 1. The Labute approximate surface area is 123 Å². The van der Waals surface area contributed by atoms with Gasteiger partial charge < -0.3 is 10.1 Å². The van der Waals surface area contributed by atoms with Crippen LogP contribution in [0.4, 0.5) is 0 Å². The second-order valence-electron chi connectivity index (χ2n) is 4.41. The van der Waals surface area contributed by atoms with Crippen LogP contribution in [0, 0.1) is 0 Å². The van der Waals surface area contributed by atoms with Crippen LogP contribution < -0.4 is 5.32 Å². The average Bonchev–Trinajstić information content (AvgIpc) is 2.93. The molecule has 1 atom stereocenters. The zero-order chi connectivity index (χ0) is 12.4. The summed E-state index contributed by atoms with van der Waals surface area (Å²) >= 11 is 1.70. The van der Waals surface area contributed by atoms with E-state index in [9.17, 15) is 0 Å². The van der Waals surface area contributed by atoms with Gasteiger partial charge in [0.1, 0.15) is 0 Å². The SMILES string of the molecule is CNC[C@@H]1OCCc2c(-c3cncs3)cccc21.Cl. The van der Waals surface area contributed by atoms with Gasteiger partial charge in [-0.3, -0.25) is 4.98 Å². The molecule has 2 aromatic rings. The normalized spacial score (nSPS) is 17.6. The fraction of sp³-hybridized carbons (Fsp3) is 0.357. The lowest BCUT2D eigenvalue weighted by Crippen LogP contribution is -2.25. The molecule has 0 spiro atoms. The number of thiazole rings is 1. The molecule has 0 amide bonds. The minimum Gasteiger partial charge on any atom is -0.372 e. The van der Waals surface area contributed by atoms with Gasteiger partial charge in [-0.15, -0.1) is 23.7 Å². The van der Waals surface area contributed by atoms with Crippen LogP contribution in [-0.4, -0.2) is 25.2 Å². The van der Waals surface area contributed by atoms with Gasteiger partial charge in [0.2, 0.25) is 0 Å². The van der Waals surface area contributed by atoms with Gasteiger partial charge in [-0.1, -0.05) is 18.2 Å². The first-order valence-corrected chi connectivity index (χ1v) is 7.05. The van der Waals surface area contributed by atoms with Crippen molar-refractivity contribution in [1.29, 1.82) is 0 Å². The lowest BCUT2D eigenvalue weighted by Gasteiger charge is -2.27. The molecule has 3 nitrogen and oxygen atoms in total. The quantitative estimate of drug-likeness (QED) is 0.945. The predicted octanol–water partition coefficient (Wildman–Crippen LogP) is 3.07. The molecule has 1 aliphatic rings. The van der Waals surface area contributed by atoms with E-state index >= 15 is 0 Å². The van der Waals surface area contributed by atoms with E-state index in [1.54, 1.807) is 11.3 Å². The Morgan fingerprint density at radius 3 is 3.11 bits per heavy atom. The van der Waals surface area contributed by atoms with Crippen molar-refractivity contribution in [3.63, 3.8) is 0 Å². The van der Waals surface area contributed by atoms with E-state index in [4.69, 9.17) is 4.74 Å². The van der Waals surface area contributed by atoms with Crippen molar-refractivity contribution < 1.29 is 4.74 Å². The first-order chi connectivity index (χ1) is 8.90. The predicted molar refractivity (Wildman–Crippen MR) is 81.1 cm³/mol. The van der Waals surface area contributed by atoms with Crippen molar-refractivity contribution >= 4 is 23.7 Å². The number of fused-ring (bicyclic) bond motifs is 1. The molecular formula is C14H17ClN2OS. The molecule has 3 rings (SSSR count). The van der Waals surface area contributed by atoms with E-state index < -0.39 is 0 Å². The van der Waals surface area contributed by atoms with Crippen molar-refractivity contribution in [1.82, 2.24) is 10.3 Å². The Hall–Kier alpha value is -0.940. The zero-order valence-corrected chi connectivity index (χ0v) is 12.4. The summed E-state index contributed by atoms with van der Waals surface area (Å²) in [6, 6.07) is 6.49. The molecule has 0 fully saturated rings. The monoisotopic (exact) mass is 296 g/mol. The van der Waals surface area contributed by atoms with Crippen LogP contribution in [0.15, 0.2) is 29.9 Å². The maximum atomic E-state index is 5.84. The molecule has 0 saturated carbocycles. The molecule has 0 aliphatic carbocycles. The van der Waals surface area contributed by atoms with Gasteiger partial charge >= 0.3 is 0 Å². The van der Waals surface area contributed by atoms with Crippen LogP contribution in [0.1, 0.15) is 17.2 Å². The third-order valence-electron chi connectivity index (χ3n) is 3.32. The van der Waals surface area contributed by atoms with Crippen molar-refractivity contribution in [2.75, 3.05) is 20.2 Å². The van der Waals surface area contributed by atoms with E-state index in [2.05, 4.69) is 28.5 Å². The molecule has 19 heavy (non-hydrogen) atoms. The molecule has 1 aliphatic heterocycles. The van der Waals surface area contributed by atoms with Gasteiger partial charge in [-0.2, -0.15) is 0 Å². The molecule has 0 radical (unpaired) electrons. The molecule has 1 aromatic heterocycles. The highest BCUT2D eigenvalue weighted by molar-refractivity contribution is 7.13. The third kappa shape index (κ3) is 2.82. The molecule has 102 valence electrons. The zero-order valence-electron chi connectivity index (χ0n) is 10.8. The average molecular weight is 297 g/mol. The highest BCUT2D eigenvalue weighted by atomic mass is 35.5. The summed E-state index contributed by atoms with van der Waals surface area (Å²) in [5.41, 5.74) is 5.95. The molecule has 2 heterocycles. The van der Waals surface area contributed by atoms with Crippen molar-refractivity contribution in [3.8, 4) is 10.4 Å². The van der Waals surface area contributed by atoms with Gasteiger partial charge in [-0.25, -0.2) is 0 Å². The van der Waals surface area contributed by atoms with Gasteiger partial charge in [0.15, 0.2) is 0 Å². The Morgan fingerprint density at radius 2 is 2.37 bits per heavy atom. The molecule has 0 saturated heterocycles. The number of benzene rings is 1. The summed E-state index contributed by atoms with van der Waals surface area (Å²) in [6.45, 7) is 1.66. The fourth-order valence-corrected chi connectivity index (χ4v) is 3.19. The summed E-state index contributed by atoms with van der Waals surface area (Å²) in [5, 5.41) is 3.20. The molecular weight excluding hydrogens is 280 g/mol. The topological polar surface area (TPSA) is 34.1 Å². The minimum atomic E-state index is 0. The van der Waals surface area contributed by atoms with Crippen LogP contribution in [0.3, 0.4) is 0 Å². The standard InChI is InChI=1S/C14H16N2OS.ClH/c1-15-7-13-11-3-2-4-12(10(11)5-6-17-13)14-8-16-9-18-14;/h2-4,8-9,13,15H,5-7H2,1H3;1H/t13-;/m0./s1. The Bertz CT molecular complexity index is 530. The lowest BCUT2D eigenvalue weighted by atomic mass is 9.92. The summed E-state index contributed by atoms with van der Waals surface area (Å²) in [5.74, 6) is 0. The molecule has 1 aromatic carbocycles. The number of halogens is 1. The van der Waals surface area contributed by atoms with Crippen LogP contribution >= 0.6 is 23.7 Å². The lowest BCUT2D eigenvalue weighted by molar-refractivity contribution is 0.0440. The van der Waals surface area contributed by atoms with Crippen molar-refractivity contribution in [2.24, 2.45) is 0 Å². The van der Waals surface area contributed by atoms with Crippen molar-refractivity contribution in [3.05, 3.63) is 41.0 Å². The van der Waals surface area contributed by atoms with Crippen LogP contribution in [0.5, 0.6) is 0 Å². The molecule has 1 N–H and O–H groups in total. The number of nitrogens with zero attached hydrogens (tertiary/aromatic N) is 1. The highest BCUT2D eigenvalue weighted by Crippen LogP contribution is 2.35. The van der Waals surface area contributed by atoms with E-state index in [1.807, 2.05) is 18.8 Å². The third-order valence-corrected chi connectivity index (χ3v) is 4.12. The van der Waals surface area contributed by atoms with E-state index in [0.717, 1.165) is 19.6 Å². The summed E-state index contributed by atoms with van der Waals surface area (Å²) in [7, 11) is 1.96. The smallest absolute Gasteiger partial charge is 0.0952 e. The van der Waals surface area contributed by atoms with Gasteiger partial charge in [0.05, 0.1) is 23.1 Å². The molecule has 5 heteroatoms. The van der Waals surface area contributed by atoms with E-state index in [0.29, 0.717) is 0 Å². The summed E-state index contributed by atoms with van der Waals surface area (Å²) < 4.78 is 5.84. The number of ether oxygens (including phenoxy) is 1. The van der Waals surface area contributed by atoms with Gasteiger partial charge in [0.25, 0.3) is 0 Å². The highest BCUT2D eigenvalue weighted by Gasteiger charge is 2.22. The number of likely N-dealkylation sites (N-methyl/N-ethyl adjacent to an activating group) is 1. The minimum absolute atomic E-state index is 0. The van der Waals surface area contributed by atoms with Gasteiger partial charge in [-0.05, 0) is 30.2 Å². The van der Waals surface area contributed by atoms with E-state index in [-0.39, 0.29) is 18.5 Å². The van der Waals surface area contributed by atoms with Crippen LogP contribution in [-0.2, 0) is 11.2 Å². The summed E-state index contributed by atoms with van der Waals surface area (Å²) in [4.78, 5) is 5.42. The summed E-state index contributed by atoms with van der Waals surface area (Å²) in [6.07, 6.45) is 3.11. The van der Waals surface area contributed by atoms with Crippen LogP contribution in [0.25, 0.3) is 10.4 Å². The first-order valence-electron chi connectivity index (χ1n) is 6.17. The maximum Gasteiger partial charge on any atom is 0.0952 e.